The lowest BCUT2D eigenvalue weighted by Crippen LogP contribution is -2.40. The van der Waals surface area contributed by atoms with Crippen LogP contribution < -0.4 is 20.1 Å². The van der Waals surface area contributed by atoms with Gasteiger partial charge in [0.2, 0.25) is 5.76 Å². The highest BCUT2D eigenvalue weighted by Gasteiger charge is 2.25. The van der Waals surface area contributed by atoms with E-state index in [0.29, 0.717) is 33.7 Å². The molecule has 3 aromatic rings. The molecule has 3 rings (SSSR count). The van der Waals surface area contributed by atoms with Gasteiger partial charge in [-0.3, -0.25) is 9.59 Å². The summed E-state index contributed by atoms with van der Waals surface area (Å²) in [5.74, 6) is 0.194. The first-order valence-corrected chi connectivity index (χ1v) is 9.11. The Morgan fingerprint density at radius 1 is 0.931 bits per heavy atom. The van der Waals surface area contributed by atoms with E-state index in [4.69, 9.17) is 13.9 Å². The molecule has 0 aliphatic heterocycles. The van der Waals surface area contributed by atoms with Gasteiger partial charge in [-0.2, -0.15) is 0 Å². The fourth-order valence-corrected chi connectivity index (χ4v) is 2.89. The van der Waals surface area contributed by atoms with E-state index < -0.39 is 17.4 Å². The summed E-state index contributed by atoms with van der Waals surface area (Å²) in [4.78, 5) is 25.7. The molecule has 0 atom stereocenters. The van der Waals surface area contributed by atoms with Crippen LogP contribution in [0.5, 0.6) is 11.5 Å². The van der Waals surface area contributed by atoms with Crippen molar-refractivity contribution in [1.29, 1.82) is 0 Å². The van der Waals surface area contributed by atoms with Gasteiger partial charge >= 0.3 is 0 Å². The van der Waals surface area contributed by atoms with E-state index in [9.17, 15) is 9.59 Å². The predicted molar refractivity (Wildman–Crippen MR) is 111 cm³/mol. The van der Waals surface area contributed by atoms with Crippen molar-refractivity contribution in [3.05, 3.63) is 53.8 Å². The number of fused-ring (bicyclic) bond motifs is 1. The number of hydrogen-bond acceptors (Lipinski definition) is 5. The Labute approximate surface area is 169 Å². The summed E-state index contributed by atoms with van der Waals surface area (Å²) in [5.41, 5.74) is 0.729. The van der Waals surface area contributed by atoms with Crippen LogP contribution in [0.1, 0.15) is 41.7 Å². The topological polar surface area (TPSA) is 89.8 Å². The smallest absolute Gasteiger partial charge is 0.289 e. The molecule has 0 saturated carbocycles. The fraction of sp³-hybridized carbons (Fsp3) is 0.273. The van der Waals surface area contributed by atoms with E-state index in [-0.39, 0.29) is 5.76 Å². The molecule has 2 amide bonds. The zero-order valence-electron chi connectivity index (χ0n) is 17.1. The fourth-order valence-electron chi connectivity index (χ4n) is 2.89. The summed E-state index contributed by atoms with van der Waals surface area (Å²) in [6.07, 6.45) is 0. The van der Waals surface area contributed by atoms with Crippen LogP contribution in [0.4, 0.5) is 5.69 Å². The van der Waals surface area contributed by atoms with Gasteiger partial charge in [0.25, 0.3) is 11.8 Å². The van der Waals surface area contributed by atoms with Crippen molar-refractivity contribution < 1.29 is 23.5 Å². The summed E-state index contributed by atoms with van der Waals surface area (Å²) in [7, 11) is 3.02. The number of amides is 2. The molecule has 0 aliphatic rings. The van der Waals surface area contributed by atoms with Gasteiger partial charge in [0.05, 0.1) is 14.2 Å². The number of ether oxygens (including phenoxy) is 2. The molecule has 1 heterocycles. The Morgan fingerprint density at radius 2 is 1.62 bits per heavy atom. The Balaban J connectivity index is 2.00. The number of carbonyl (C=O) groups is 2. The summed E-state index contributed by atoms with van der Waals surface area (Å²) in [6.45, 7) is 5.61. The number of hydrogen-bond donors (Lipinski definition) is 2. The lowest BCUT2D eigenvalue weighted by atomic mass is 10.1. The lowest BCUT2D eigenvalue weighted by Gasteiger charge is -2.20. The molecule has 0 fully saturated rings. The van der Waals surface area contributed by atoms with E-state index in [1.807, 2.05) is 26.8 Å². The van der Waals surface area contributed by atoms with Gasteiger partial charge in [-0.1, -0.05) is 12.1 Å². The van der Waals surface area contributed by atoms with E-state index >= 15 is 0 Å². The molecular formula is C22H24N2O5. The molecule has 0 spiro atoms. The summed E-state index contributed by atoms with van der Waals surface area (Å²) < 4.78 is 16.2. The van der Waals surface area contributed by atoms with Gasteiger partial charge in [-0.15, -0.1) is 0 Å². The minimum absolute atomic E-state index is 0.0509. The Bertz CT molecular complexity index is 1060. The van der Waals surface area contributed by atoms with Gasteiger partial charge in [0.15, 0.2) is 11.5 Å². The number of rotatable bonds is 5. The first-order valence-electron chi connectivity index (χ1n) is 9.11. The van der Waals surface area contributed by atoms with Crippen LogP contribution in [0.15, 0.2) is 46.9 Å². The van der Waals surface area contributed by atoms with E-state index in [1.165, 1.54) is 14.2 Å². The highest BCUT2D eigenvalue weighted by atomic mass is 16.5. The number of carbonyl (C=O) groups excluding carboxylic acids is 2. The molecule has 152 valence electrons. The number of methoxy groups -OCH3 is 2. The first kappa shape index (κ1) is 20.3. The van der Waals surface area contributed by atoms with Crippen LogP contribution in [0, 0.1) is 0 Å². The standard InChI is InChI=1S/C22H24N2O5/c1-22(2,3)24-21(26)19-18(14-8-6-7-9-15(14)29-19)23-20(25)13-10-11-16(27-4)17(12-13)28-5/h6-12H,1-5H3,(H,23,25)(H,24,26). The normalized spacial score (nSPS) is 11.2. The second kappa shape index (κ2) is 7.87. The second-order valence-electron chi connectivity index (χ2n) is 7.53. The summed E-state index contributed by atoms with van der Waals surface area (Å²) >= 11 is 0. The van der Waals surface area contributed by atoms with Crippen molar-refractivity contribution >= 4 is 28.5 Å². The first-order chi connectivity index (χ1) is 13.7. The highest BCUT2D eigenvalue weighted by Crippen LogP contribution is 2.33. The molecule has 0 radical (unpaired) electrons. The predicted octanol–water partition coefficient (Wildman–Crippen LogP) is 4.23. The maximum absolute atomic E-state index is 12.9. The van der Waals surface area contributed by atoms with E-state index in [1.54, 1.807) is 36.4 Å². The van der Waals surface area contributed by atoms with Crippen molar-refractivity contribution in [2.45, 2.75) is 26.3 Å². The molecule has 7 heteroatoms. The number of anilines is 1. The molecule has 7 nitrogen and oxygen atoms in total. The molecule has 0 aliphatic carbocycles. The third-order valence-electron chi connectivity index (χ3n) is 4.17. The van der Waals surface area contributed by atoms with Crippen molar-refractivity contribution in [2.24, 2.45) is 0 Å². The molecule has 0 bridgehead atoms. The van der Waals surface area contributed by atoms with E-state index in [2.05, 4.69) is 10.6 Å². The van der Waals surface area contributed by atoms with Crippen molar-refractivity contribution in [3.8, 4) is 11.5 Å². The van der Waals surface area contributed by atoms with E-state index in [0.717, 1.165) is 0 Å². The zero-order chi connectivity index (χ0) is 21.2. The van der Waals surface area contributed by atoms with Gasteiger partial charge in [-0.05, 0) is 51.1 Å². The van der Waals surface area contributed by atoms with Crippen LogP contribution in [0.3, 0.4) is 0 Å². The van der Waals surface area contributed by atoms with Crippen molar-refractivity contribution in [1.82, 2.24) is 5.32 Å². The molecule has 0 unspecified atom stereocenters. The van der Waals surface area contributed by atoms with Crippen LogP contribution in [-0.2, 0) is 0 Å². The monoisotopic (exact) mass is 396 g/mol. The number of furan rings is 1. The van der Waals surface area contributed by atoms with Gasteiger partial charge in [0, 0.05) is 16.5 Å². The quantitative estimate of drug-likeness (QED) is 0.674. The average Bonchev–Trinajstić information content (AvgIpc) is 3.04. The zero-order valence-corrected chi connectivity index (χ0v) is 17.1. The lowest BCUT2D eigenvalue weighted by molar-refractivity contribution is 0.0894. The number of para-hydroxylation sites is 1. The Hall–Kier alpha value is -3.48. The van der Waals surface area contributed by atoms with Gasteiger partial charge < -0.3 is 24.5 Å². The number of benzene rings is 2. The average molecular weight is 396 g/mol. The molecule has 29 heavy (non-hydrogen) atoms. The molecule has 0 saturated heterocycles. The summed E-state index contributed by atoms with van der Waals surface area (Å²) in [6, 6.07) is 12.0. The van der Waals surface area contributed by atoms with Crippen molar-refractivity contribution in [2.75, 3.05) is 19.5 Å². The van der Waals surface area contributed by atoms with Crippen LogP contribution >= 0.6 is 0 Å². The largest absolute Gasteiger partial charge is 0.493 e. The van der Waals surface area contributed by atoms with Gasteiger partial charge in [-0.25, -0.2) is 0 Å². The number of nitrogens with one attached hydrogen (secondary N) is 2. The summed E-state index contributed by atoms with van der Waals surface area (Å²) in [5, 5.41) is 6.32. The minimum Gasteiger partial charge on any atom is -0.493 e. The molecule has 1 aromatic heterocycles. The third kappa shape index (κ3) is 4.34. The Morgan fingerprint density at radius 3 is 2.28 bits per heavy atom. The second-order valence-corrected chi connectivity index (χ2v) is 7.53. The van der Waals surface area contributed by atoms with Gasteiger partial charge in [0.1, 0.15) is 11.3 Å². The Kier molecular flexibility index (Phi) is 5.50. The maximum atomic E-state index is 12.9. The third-order valence-corrected chi connectivity index (χ3v) is 4.17. The van der Waals surface area contributed by atoms with Crippen LogP contribution in [0.25, 0.3) is 11.0 Å². The van der Waals surface area contributed by atoms with Crippen molar-refractivity contribution in [3.63, 3.8) is 0 Å². The minimum atomic E-state index is -0.458. The molecular weight excluding hydrogens is 372 g/mol. The van der Waals surface area contributed by atoms with Crippen LogP contribution in [-0.4, -0.2) is 31.6 Å². The maximum Gasteiger partial charge on any atom is 0.289 e. The highest BCUT2D eigenvalue weighted by molar-refractivity contribution is 6.14. The SMILES string of the molecule is COc1ccc(C(=O)Nc2c(C(=O)NC(C)(C)C)oc3ccccc23)cc1OC. The molecule has 2 N–H and O–H groups in total. The van der Waals surface area contributed by atoms with Crippen LogP contribution in [0.2, 0.25) is 0 Å². The molecule has 2 aromatic carbocycles.